The minimum absolute atomic E-state index is 1.01. The molecule has 8 rings (SSSR count). The SMILES string of the molecule is Cc1cc(N(C2=CC=CCC2)c2cccc3ccccc23)ccc1-c1ccc(N(c2ccccc2)c2cccc3ccccc23)cc1C. The summed E-state index contributed by atoms with van der Waals surface area (Å²) in [5, 5.41) is 4.98. The maximum absolute atomic E-state index is 2.46. The number of allylic oxidation sites excluding steroid dienone is 4. The molecule has 0 radical (unpaired) electrons. The van der Waals surface area contributed by atoms with Gasteiger partial charge in [0.2, 0.25) is 0 Å². The zero-order valence-electron chi connectivity index (χ0n) is 27.5. The molecule has 0 N–H and O–H groups in total. The van der Waals surface area contributed by atoms with Gasteiger partial charge in [-0.15, -0.1) is 0 Å². The van der Waals surface area contributed by atoms with Crippen LogP contribution in [0.2, 0.25) is 0 Å². The van der Waals surface area contributed by atoms with Crippen LogP contribution in [0.3, 0.4) is 0 Å². The van der Waals surface area contributed by atoms with E-state index in [9.17, 15) is 0 Å². The van der Waals surface area contributed by atoms with E-state index in [1.807, 2.05) is 0 Å². The van der Waals surface area contributed by atoms with E-state index in [0.29, 0.717) is 0 Å². The predicted octanol–water partition coefficient (Wildman–Crippen LogP) is 13.1. The Morgan fingerprint density at radius 2 is 0.979 bits per heavy atom. The number of anilines is 5. The van der Waals surface area contributed by atoms with E-state index in [1.54, 1.807) is 0 Å². The van der Waals surface area contributed by atoms with E-state index in [-0.39, 0.29) is 0 Å². The molecule has 7 aromatic carbocycles. The van der Waals surface area contributed by atoms with Crippen molar-refractivity contribution < 1.29 is 0 Å². The second-order valence-electron chi connectivity index (χ2n) is 12.6. The summed E-state index contributed by atoms with van der Waals surface area (Å²) >= 11 is 0. The molecule has 48 heavy (non-hydrogen) atoms. The first kappa shape index (κ1) is 29.5. The van der Waals surface area contributed by atoms with Gasteiger partial charge in [0.25, 0.3) is 0 Å². The van der Waals surface area contributed by atoms with E-state index >= 15 is 0 Å². The molecule has 0 unspecified atom stereocenters. The van der Waals surface area contributed by atoms with Crippen molar-refractivity contribution in [1.82, 2.24) is 0 Å². The summed E-state index contributed by atoms with van der Waals surface area (Å²) in [6.45, 7) is 4.48. The Morgan fingerprint density at radius 3 is 1.54 bits per heavy atom. The topological polar surface area (TPSA) is 6.48 Å². The lowest BCUT2D eigenvalue weighted by Crippen LogP contribution is -2.18. The average molecular weight is 619 g/mol. The predicted molar refractivity (Wildman–Crippen MR) is 206 cm³/mol. The maximum atomic E-state index is 2.46. The maximum Gasteiger partial charge on any atom is 0.0540 e. The number of benzene rings is 7. The summed E-state index contributed by atoms with van der Waals surface area (Å²) in [6, 6.07) is 55.1. The Bertz CT molecular complexity index is 2320. The fraction of sp³-hybridized carbons (Fsp3) is 0.0870. The van der Waals surface area contributed by atoms with E-state index in [0.717, 1.165) is 24.2 Å². The lowest BCUT2D eigenvalue weighted by Gasteiger charge is -2.30. The van der Waals surface area contributed by atoms with Crippen molar-refractivity contribution in [3.05, 3.63) is 187 Å². The van der Waals surface area contributed by atoms with E-state index < -0.39 is 0 Å². The molecule has 0 atom stereocenters. The summed E-state index contributed by atoms with van der Waals surface area (Å²) in [5.74, 6) is 0. The van der Waals surface area contributed by atoms with Crippen molar-refractivity contribution in [2.24, 2.45) is 0 Å². The zero-order valence-corrected chi connectivity index (χ0v) is 27.5. The number of nitrogens with zero attached hydrogens (tertiary/aromatic N) is 2. The smallest absolute Gasteiger partial charge is 0.0540 e. The normalized spacial score (nSPS) is 12.7. The van der Waals surface area contributed by atoms with Crippen LogP contribution in [0.1, 0.15) is 24.0 Å². The van der Waals surface area contributed by atoms with E-state index in [4.69, 9.17) is 0 Å². The third-order valence-electron chi connectivity index (χ3n) is 9.54. The van der Waals surface area contributed by atoms with Gasteiger partial charge in [-0.3, -0.25) is 0 Å². The molecule has 0 saturated heterocycles. The molecule has 1 aliphatic carbocycles. The summed E-state index contributed by atoms with van der Waals surface area (Å²) in [4.78, 5) is 4.84. The van der Waals surface area contributed by atoms with Crippen LogP contribution in [0.4, 0.5) is 28.4 Å². The van der Waals surface area contributed by atoms with E-state index in [2.05, 4.69) is 194 Å². The molecule has 2 heteroatoms. The fourth-order valence-corrected chi connectivity index (χ4v) is 7.23. The van der Waals surface area contributed by atoms with Gasteiger partial charge in [0.15, 0.2) is 0 Å². The average Bonchev–Trinajstić information content (AvgIpc) is 3.13. The van der Waals surface area contributed by atoms with Crippen molar-refractivity contribution in [2.45, 2.75) is 26.7 Å². The summed E-state index contributed by atoms with van der Waals surface area (Å²) in [6.07, 6.45) is 8.78. The quantitative estimate of drug-likeness (QED) is 0.175. The first-order chi connectivity index (χ1) is 23.7. The van der Waals surface area contributed by atoms with Crippen LogP contribution in [-0.2, 0) is 0 Å². The summed E-state index contributed by atoms with van der Waals surface area (Å²) < 4.78 is 0. The highest BCUT2D eigenvalue weighted by Gasteiger charge is 2.20. The second kappa shape index (κ2) is 12.7. The second-order valence-corrected chi connectivity index (χ2v) is 12.6. The van der Waals surface area contributed by atoms with Gasteiger partial charge >= 0.3 is 0 Å². The molecule has 1 aliphatic rings. The molecule has 0 heterocycles. The van der Waals surface area contributed by atoms with Crippen molar-refractivity contribution in [2.75, 3.05) is 9.80 Å². The number of aryl methyl sites for hydroxylation is 2. The van der Waals surface area contributed by atoms with Crippen LogP contribution >= 0.6 is 0 Å². The Kier molecular flexibility index (Phi) is 7.84. The molecular formula is C46H38N2. The molecule has 0 saturated carbocycles. The van der Waals surface area contributed by atoms with Gasteiger partial charge in [-0.2, -0.15) is 0 Å². The molecule has 232 valence electrons. The first-order valence-corrected chi connectivity index (χ1v) is 16.8. The summed E-state index contributed by atoms with van der Waals surface area (Å²) in [7, 11) is 0. The molecule has 0 amide bonds. The highest BCUT2D eigenvalue weighted by Crippen LogP contribution is 2.42. The Hall–Kier alpha value is -5.86. The third kappa shape index (κ3) is 5.46. The number of para-hydroxylation sites is 1. The van der Waals surface area contributed by atoms with Gasteiger partial charge in [0.1, 0.15) is 0 Å². The molecule has 0 aromatic heterocycles. The Balaban J connectivity index is 1.20. The summed E-state index contributed by atoms with van der Waals surface area (Å²) in [5.41, 5.74) is 12.2. The Morgan fingerprint density at radius 1 is 0.458 bits per heavy atom. The standard InChI is InChI=1S/C46H38N2/c1-33-31-39(47(37-19-5-3-6-20-37)45-25-13-17-35-15-9-11-23-43(35)45)27-29-41(33)42-30-28-40(32-34(42)2)48(38-21-7-4-8-22-38)46-26-14-18-36-16-10-12-24-44(36)46/h3-7,9-21,23-32H,8,22H2,1-2H3. The lowest BCUT2D eigenvalue weighted by atomic mass is 9.94. The van der Waals surface area contributed by atoms with Crippen LogP contribution in [0.25, 0.3) is 32.7 Å². The van der Waals surface area contributed by atoms with Crippen LogP contribution in [0, 0.1) is 13.8 Å². The van der Waals surface area contributed by atoms with Gasteiger partial charge in [0, 0.05) is 33.5 Å². The number of rotatable bonds is 7. The van der Waals surface area contributed by atoms with Crippen LogP contribution in [0.5, 0.6) is 0 Å². The molecule has 0 fully saturated rings. The molecule has 2 nitrogen and oxygen atoms in total. The van der Waals surface area contributed by atoms with Crippen LogP contribution in [0.15, 0.2) is 176 Å². The lowest BCUT2D eigenvalue weighted by molar-refractivity contribution is 0.919. The molecule has 0 bridgehead atoms. The van der Waals surface area contributed by atoms with Crippen LogP contribution in [-0.4, -0.2) is 0 Å². The van der Waals surface area contributed by atoms with Gasteiger partial charge in [0.05, 0.1) is 11.4 Å². The van der Waals surface area contributed by atoms with Gasteiger partial charge in [-0.1, -0.05) is 115 Å². The fourth-order valence-electron chi connectivity index (χ4n) is 7.23. The van der Waals surface area contributed by atoms with Crippen molar-refractivity contribution in [3.8, 4) is 11.1 Å². The highest BCUT2D eigenvalue weighted by molar-refractivity contribution is 5.99. The molecular weight excluding hydrogens is 581 g/mol. The number of fused-ring (bicyclic) bond motifs is 2. The molecule has 0 aliphatic heterocycles. The number of hydrogen-bond donors (Lipinski definition) is 0. The highest BCUT2D eigenvalue weighted by atomic mass is 15.2. The molecule has 0 spiro atoms. The minimum Gasteiger partial charge on any atom is -0.314 e. The van der Waals surface area contributed by atoms with Gasteiger partial charge in [-0.05, 0) is 114 Å². The first-order valence-electron chi connectivity index (χ1n) is 16.8. The largest absolute Gasteiger partial charge is 0.314 e. The number of hydrogen-bond acceptors (Lipinski definition) is 2. The molecule has 7 aromatic rings. The monoisotopic (exact) mass is 618 g/mol. The van der Waals surface area contributed by atoms with Crippen molar-refractivity contribution >= 4 is 50.0 Å². The zero-order chi connectivity index (χ0) is 32.5. The van der Waals surface area contributed by atoms with Crippen molar-refractivity contribution in [3.63, 3.8) is 0 Å². The van der Waals surface area contributed by atoms with Gasteiger partial charge in [-0.25, -0.2) is 0 Å². The Labute approximate surface area is 283 Å². The van der Waals surface area contributed by atoms with E-state index in [1.165, 1.54) is 66.6 Å². The third-order valence-corrected chi connectivity index (χ3v) is 9.54. The van der Waals surface area contributed by atoms with Gasteiger partial charge < -0.3 is 9.80 Å². The van der Waals surface area contributed by atoms with Crippen LogP contribution < -0.4 is 9.80 Å². The van der Waals surface area contributed by atoms with Crippen molar-refractivity contribution in [1.29, 1.82) is 0 Å². The minimum atomic E-state index is 1.01.